The summed E-state index contributed by atoms with van der Waals surface area (Å²) in [6, 6.07) is 1.43. The molecule has 1 aromatic carbocycles. The number of halogens is 2. The summed E-state index contributed by atoms with van der Waals surface area (Å²) in [6.45, 7) is 0. The fourth-order valence-corrected chi connectivity index (χ4v) is 1.02. The van der Waals surface area contributed by atoms with E-state index in [1.54, 1.807) is 0 Å². The van der Waals surface area contributed by atoms with Crippen LogP contribution in [0.3, 0.4) is 0 Å². The molecule has 0 radical (unpaired) electrons. The Labute approximate surface area is 78.6 Å². The number of rotatable bonds is 3. The molecule has 0 aliphatic heterocycles. The number of hydrogen-bond acceptors (Lipinski definition) is 2. The van der Waals surface area contributed by atoms with Crippen LogP contribution in [0.4, 0.5) is 8.78 Å². The summed E-state index contributed by atoms with van der Waals surface area (Å²) >= 11 is 0. The van der Waals surface area contributed by atoms with Crippen LogP contribution >= 0.6 is 0 Å². The molecule has 1 rings (SSSR count). The summed E-state index contributed by atoms with van der Waals surface area (Å²) in [5.41, 5.74) is 0.0892. The largest absolute Gasteiger partial charge is 0.508 e. The zero-order chi connectivity index (χ0) is 10.7. The van der Waals surface area contributed by atoms with E-state index in [0.29, 0.717) is 6.07 Å². The molecular weight excluding hydrogens is 194 g/mol. The first-order valence-electron chi connectivity index (χ1n) is 3.89. The van der Waals surface area contributed by atoms with Crippen LogP contribution in [-0.4, -0.2) is 16.2 Å². The molecule has 0 aliphatic carbocycles. The minimum atomic E-state index is -1.15. The molecule has 76 valence electrons. The van der Waals surface area contributed by atoms with Gasteiger partial charge in [0.1, 0.15) is 5.75 Å². The fraction of sp³-hybridized carbons (Fsp3) is 0.222. The zero-order valence-corrected chi connectivity index (χ0v) is 7.13. The Morgan fingerprint density at radius 3 is 2.43 bits per heavy atom. The molecule has 2 N–H and O–H groups in total. The third kappa shape index (κ3) is 2.42. The van der Waals surface area contributed by atoms with Gasteiger partial charge in [-0.1, -0.05) is 0 Å². The van der Waals surface area contributed by atoms with Crippen molar-refractivity contribution in [3.05, 3.63) is 29.3 Å². The van der Waals surface area contributed by atoms with Gasteiger partial charge in [-0.05, 0) is 18.1 Å². The average molecular weight is 202 g/mol. The lowest BCUT2D eigenvalue weighted by Crippen LogP contribution is -1.99. The Balaban J connectivity index is 2.87. The van der Waals surface area contributed by atoms with Gasteiger partial charge in [0.25, 0.3) is 0 Å². The number of phenolic OH excluding ortho intramolecular Hbond substituents is 1. The normalized spacial score (nSPS) is 10.1. The molecule has 0 heterocycles. The first-order chi connectivity index (χ1) is 6.50. The topological polar surface area (TPSA) is 57.5 Å². The van der Waals surface area contributed by atoms with E-state index in [9.17, 15) is 13.6 Å². The van der Waals surface area contributed by atoms with E-state index >= 15 is 0 Å². The SMILES string of the molecule is O=C(O)CCc1cc(F)c(F)cc1O. The minimum Gasteiger partial charge on any atom is -0.508 e. The van der Waals surface area contributed by atoms with E-state index in [1.807, 2.05) is 0 Å². The molecule has 0 fully saturated rings. The van der Waals surface area contributed by atoms with Crippen LogP contribution in [0, 0.1) is 11.6 Å². The van der Waals surface area contributed by atoms with Gasteiger partial charge in [0.2, 0.25) is 0 Å². The molecule has 3 nitrogen and oxygen atoms in total. The maximum absolute atomic E-state index is 12.7. The van der Waals surface area contributed by atoms with E-state index in [-0.39, 0.29) is 18.4 Å². The number of carbonyl (C=O) groups is 1. The number of aliphatic carboxylic acids is 1. The molecular formula is C9H8F2O3. The number of carboxylic acid groups (broad SMARTS) is 1. The number of hydrogen-bond donors (Lipinski definition) is 2. The molecule has 0 spiro atoms. The van der Waals surface area contributed by atoms with Crippen LogP contribution in [-0.2, 0) is 11.2 Å². The third-order valence-electron chi connectivity index (χ3n) is 1.73. The Morgan fingerprint density at radius 1 is 1.29 bits per heavy atom. The smallest absolute Gasteiger partial charge is 0.303 e. The van der Waals surface area contributed by atoms with Crippen molar-refractivity contribution in [1.82, 2.24) is 0 Å². The van der Waals surface area contributed by atoms with Crippen molar-refractivity contribution < 1.29 is 23.8 Å². The van der Waals surface area contributed by atoms with E-state index in [4.69, 9.17) is 10.2 Å². The summed E-state index contributed by atoms with van der Waals surface area (Å²) in [7, 11) is 0. The molecule has 0 amide bonds. The molecule has 14 heavy (non-hydrogen) atoms. The molecule has 0 aromatic heterocycles. The molecule has 1 aromatic rings. The number of aryl methyl sites for hydroxylation is 1. The summed E-state index contributed by atoms with van der Waals surface area (Å²) < 4.78 is 25.2. The maximum atomic E-state index is 12.7. The Hall–Kier alpha value is -1.65. The second-order valence-corrected chi connectivity index (χ2v) is 2.79. The van der Waals surface area contributed by atoms with Crippen molar-refractivity contribution in [2.75, 3.05) is 0 Å². The number of benzene rings is 1. The van der Waals surface area contributed by atoms with Gasteiger partial charge in [-0.3, -0.25) is 4.79 Å². The van der Waals surface area contributed by atoms with Crippen molar-refractivity contribution in [1.29, 1.82) is 0 Å². The van der Waals surface area contributed by atoms with Crippen molar-refractivity contribution in [2.24, 2.45) is 0 Å². The maximum Gasteiger partial charge on any atom is 0.303 e. The first-order valence-corrected chi connectivity index (χ1v) is 3.89. The van der Waals surface area contributed by atoms with Gasteiger partial charge in [-0.15, -0.1) is 0 Å². The summed E-state index contributed by atoms with van der Waals surface area (Å²) in [5.74, 6) is -3.73. The Kier molecular flexibility index (Phi) is 3.01. The predicted octanol–water partition coefficient (Wildman–Crippen LogP) is 1.69. The standard InChI is InChI=1S/C9H8F2O3/c10-6-3-5(1-2-9(13)14)8(12)4-7(6)11/h3-4,12H,1-2H2,(H,13,14). The third-order valence-corrected chi connectivity index (χ3v) is 1.73. The average Bonchev–Trinajstić information content (AvgIpc) is 2.09. The molecule has 0 saturated heterocycles. The van der Waals surface area contributed by atoms with Crippen LogP contribution in [0.5, 0.6) is 5.75 Å². The highest BCUT2D eigenvalue weighted by Crippen LogP contribution is 2.21. The predicted molar refractivity (Wildman–Crippen MR) is 44.0 cm³/mol. The lowest BCUT2D eigenvalue weighted by molar-refractivity contribution is -0.136. The highest BCUT2D eigenvalue weighted by atomic mass is 19.2. The van der Waals surface area contributed by atoms with Crippen molar-refractivity contribution in [3.8, 4) is 5.75 Å². The van der Waals surface area contributed by atoms with Gasteiger partial charge in [0, 0.05) is 12.5 Å². The van der Waals surface area contributed by atoms with Gasteiger partial charge in [-0.25, -0.2) is 8.78 Å². The van der Waals surface area contributed by atoms with Crippen molar-refractivity contribution >= 4 is 5.97 Å². The van der Waals surface area contributed by atoms with Crippen LogP contribution in [0.25, 0.3) is 0 Å². The highest BCUT2D eigenvalue weighted by molar-refractivity contribution is 5.67. The molecule has 0 atom stereocenters. The monoisotopic (exact) mass is 202 g/mol. The van der Waals surface area contributed by atoms with Crippen molar-refractivity contribution in [3.63, 3.8) is 0 Å². The summed E-state index contributed by atoms with van der Waals surface area (Å²) in [5, 5.41) is 17.5. The summed E-state index contributed by atoms with van der Waals surface area (Å²) in [4.78, 5) is 10.2. The second-order valence-electron chi connectivity index (χ2n) is 2.79. The van der Waals surface area contributed by atoms with Crippen LogP contribution in [0.1, 0.15) is 12.0 Å². The number of carboxylic acids is 1. The summed E-state index contributed by atoms with van der Waals surface area (Å²) in [6.07, 6.45) is -0.267. The lowest BCUT2D eigenvalue weighted by atomic mass is 10.1. The lowest BCUT2D eigenvalue weighted by Gasteiger charge is -2.03. The first kappa shape index (κ1) is 10.4. The Bertz CT molecular complexity index is 363. The van der Waals surface area contributed by atoms with E-state index in [0.717, 1.165) is 6.07 Å². The number of aromatic hydroxyl groups is 1. The molecule has 0 aliphatic rings. The van der Waals surface area contributed by atoms with Gasteiger partial charge < -0.3 is 10.2 Å². The van der Waals surface area contributed by atoms with Gasteiger partial charge in [0.05, 0.1) is 0 Å². The van der Waals surface area contributed by atoms with Gasteiger partial charge in [-0.2, -0.15) is 0 Å². The van der Waals surface area contributed by atoms with E-state index < -0.39 is 23.4 Å². The molecule has 5 heteroatoms. The highest BCUT2D eigenvalue weighted by Gasteiger charge is 2.09. The van der Waals surface area contributed by atoms with Crippen LogP contribution < -0.4 is 0 Å². The van der Waals surface area contributed by atoms with Crippen LogP contribution in [0.2, 0.25) is 0 Å². The quantitative estimate of drug-likeness (QED) is 0.784. The Morgan fingerprint density at radius 2 is 1.86 bits per heavy atom. The van der Waals surface area contributed by atoms with Gasteiger partial charge >= 0.3 is 5.97 Å². The molecule has 0 bridgehead atoms. The minimum absolute atomic E-state index is 0.0294. The fourth-order valence-electron chi connectivity index (χ4n) is 1.02. The van der Waals surface area contributed by atoms with Gasteiger partial charge in [0.15, 0.2) is 11.6 Å². The molecule has 0 saturated carbocycles. The zero-order valence-electron chi connectivity index (χ0n) is 7.13. The number of phenols is 1. The van der Waals surface area contributed by atoms with E-state index in [1.165, 1.54) is 0 Å². The van der Waals surface area contributed by atoms with E-state index in [2.05, 4.69) is 0 Å². The second kappa shape index (κ2) is 4.04. The van der Waals surface area contributed by atoms with Crippen LogP contribution in [0.15, 0.2) is 12.1 Å². The van der Waals surface area contributed by atoms with Crippen molar-refractivity contribution in [2.45, 2.75) is 12.8 Å². The molecule has 0 unspecified atom stereocenters.